The summed E-state index contributed by atoms with van der Waals surface area (Å²) in [5.74, 6) is 0. The molecular formula is C12H25N. The molecule has 0 aliphatic carbocycles. The van der Waals surface area contributed by atoms with Gasteiger partial charge in [-0.05, 0) is 44.2 Å². The highest BCUT2D eigenvalue weighted by molar-refractivity contribution is 4.79. The van der Waals surface area contributed by atoms with E-state index in [-0.39, 0.29) is 0 Å². The maximum absolute atomic E-state index is 2.65. The van der Waals surface area contributed by atoms with Crippen LogP contribution in [0, 0.1) is 5.41 Å². The van der Waals surface area contributed by atoms with E-state index < -0.39 is 0 Å². The molecule has 0 N–H and O–H groups in total. The van der Waals surface area contributed by atoms with Crippen molar-refractivity contribution >= 4 is 0 Å². The summed E-state index contributed by atoms with van der Waals surface area (Å²) in [4.78, 5) is 2.65. The van der Waals surface area contributed by atoms with Crippen molar-refractivity contribution in [2.24, 2.45) is 5.41 Å². The van der Waals surface area contributed by atoms with Crippen molar-refractivity contribution in [3.05, 3.63) is 0 Å². The van der Waals surface area contributed by atoms with Gasteiger partial charge in [0.15, 0.2) is 0 Å². The van der Waals surface area contributed by atoms with Crippen LogP contribution in [0.3, 0.4) is 0 Å². The lowest BCUT2D eigenvalue weighted by molar-refractivity contribution is 0.171. The normalized spacial score (nSPS) is 23.3. The molecule has 0 aromatic carbocycles. The van der Waals surface area contributed by atoms with Crippen LogP contribution >= 0.6 is 0 Å². The van der Waals surface area contributed by atoms with Gasteiger partial charge in [-0.3, -0.25) is 0 Å². The van der Waals surface area contributed by atoms with Crippen molar-refractivity contribution in [2.45, 2.75) is 52.9 Å². The average molecular weight is 183 g/mol. The fourth-order valence-corrected chi connectivity index (χ4v) is 2.45. The van der Waals surface area contributed by atoms with Gasteiger partial charge in [0.2, 0.25) is 0 Å². The van der Waals surface area contributed by atoms with Crippen LogP contribution in [-0.2, 0) is 0 Å². The van der Waals surface area contributed by atoms with E-state index in [0.717, 1.165) is 0 Å². The Morgan fingerprint density at radius 1 is 1.15 bits per heavy atom. The van der Waals surface area contributed by atoms with Crippen molar-refractivity contribution < 1.29 is 0 Å². The summed E-state index contributed by atoms with van der Waals surface area (Å²) < 4.78 is 0. The largest absolute Gasteiger partial charge is 0.303 e. The first kappa shape index (κ1) is 11.0. The molecule has 1 aliphatic rings. The molecule has 0 aromatic heterocycles. The van der Waals surface area contributed by atoms with Crippen molar-refractivity contribution in [3.8, 4) is 0 Å². The van der Waals surface area contributed by atoms with Crippen molar-refractivity contribution in [3.63, 3.8) is 0 Å². The van der Waals surface area contributed by atoms with Gasteiger partial charge in [-0.1, -0.05) is 27.2 Å². The Bertz CT molecular complexity index is 138. The standard InChI is InChI=1S/C12H25N/c1-4-8-12(3,5-2)11-13-9-6-7-10-13/h4-11H2,1-3H3. The summed E-state index contributed by atoms with van der Waals surface area (Å²) in [6.07, 6.45) is 6.90. The van der Waals surface area contributed by atoms with Crippen LogP contribution in [0.15, 0.2) is 0 Å². The van der Waals surface area contributed by atoms with Crippen LogP contribution in [0.25, 0.3) is 0 Å². The molecule has 13 heavy (non-hydrogen) atoms. The van der Waals surface area contributed by atoms with Crippen molar-refractivity contribution in [1.29, 1.82) is 0 Å². The predicted molar refractivity (Wildman–Crippen MR) is 59.0 cm³/mol. The summed E-state index contributed by atoms with van der Waals surface area (Å²) in [5, 5.41) is 0. The van der Waals surface area contributed by atoms with Gasteiger partial charge in [0.1, 0.15) is 0 Å². The van der Waals surface area contributed by atoms with Gasteiger partial charge in [0, 0.05) is 6.54 Å². The molecule has 1 saturated heterocycles. The van der Waals surface area contributed by atoms with E-state index in [1.54, 1.807) is 0 Å². The third-order valence-corrected chi connectivity index (χ3v) is 3.51. The van der Waals surface area contributed by atoms with E-state index in [2.05, 4.69) is 25.7 Å². The van der Waals surface area contributed by atoms with Gasteiger partial charge < -0.3 is 4.90 Å². The summed E-state index contributed by atoms with van der Waals surface area (Å²) in [6, 6.07) is 0. The first-order chi connectivity index (χ1) is 6.20. The minimum absolute atomic E-state index is 0.582. The van der Waals surface area contributed by atoms with Crippen LogP contribution in [-0.4, -0.2) is 24.5 Å². The van der Waals surface area contributed by atoms with Crippen LogP contribution in [0.5, 0.6) is 0 Å². The minimum Gasteiger partial charge on any atom is -0.303 e. The lowest BCUT2D eigenvalue weighted by atomic mass is 9.82. The maximum Gasteiger partial charge on any atom is 0.00352 e. The summed E-state index contributed by atoms with van der Waals surface area (Å²) >= 11 is 0. The zero-order valence-electron chi connectivity index (χ0n) is 9.60. The second kappa shape index (κ2) is 4.99. The van der Waals surface area contributed by atoms with Crippen LogP contribution < -0.4 is 0 Å². The minimum atomic E-state index is 0.582. The highest BCUT2D eigenvalue weighted by Gasteiger charge is 2.25. The van der Waals surface area contributed by atoms with Gasteiger partial charge in [-0.25, -0.2) is 0 Å². The van der Waals surface area contributed by atoms with Crippen LogP contribution in [0.4, 0.5) is 0 Å². The fraction of sp³-hybridized carbons (Fsp3) is 1.00. The second-order valence-corrected chi connectivity index (χ2v) is 4.90. The maximum atomic E-state index is 2.65. The second-order valence-electron chi connectivity index (χ2n) is 4.90. The fourth-order valence-electron chi connectivity index (χ4n) is 2.45. The molecule has 1 fully saturated rings. The Labute approximate surface area is 83.5 Å². The van der Waals surface area contributed by atoms with Gasteiger partial charge in [0.05, 0.1) is 0 Å². The topological polar surface area (TPSA) is 3.24 Å². The van der Waals surface area contributed by atoms with Gasteiger partial charge in [0.25, 0.3) is 0 Å². The number of hydrogen-bond acceptors (Lipinski definition) is 1. The number of nitrogens with zero attached hydrogens (tertiary/aromatic N) is 1. The van der Waals surface area contributed by atoms with Crippen molar-refractivity contribution in [2.75, 3.05) is 19.6 Å². The average Bonchev–Trinajstić information content (AvgIpc) is 2.57. The molecule has 1 nitrogen and oxygen atoms in total. The van der Waals surface area contributed by atoms with E-state index in [1.165, 1.54) is 51.7 Å². The van der Waals surface area contributed by atoms with Crippen molar-refractivity contribution in [1.82, 2.24) is 4.90 Å². The van der Waals surface area contributed by atoms with Crippen LogP contribution in [0.2, 0.25) is 0 Å². The molecule has 1 heterocycles. The molecule has 0 saturated carbocycles. The quantitative estimate of drug-likeness (QED) is 0.632. The summed E-state index contributed by atoms with van der Waals surface area (Å²) in [7, 11) is 0. The molecule has 1 unspecified atom stereocenters. The van der Waals surface area contributed by atoms with Gasteiger partial charge >= 0.3 is 0 Å². The summed E-state index contributed by atoms with van der Waals surface area (Å²) in [5.41, 5.74) is 0.582. The van der Waals surface area contributed by atoms with E-state index in [0.29, 0.717) is 5.41 Å². The zero-order valence-corrected chi connectivity index (χ0v) is 9.60. The highest BCUT2D eigenvalue weighted by Crippen LogP contribution is 2.29. The molecule has 78 valence electrons. The molecule has 0 bridgehead atoms. The zero-order chi connectivity index (χ0) is 9.73. The summed E-state index contributed by atoms with van der Waals surface area (Å²) in [6.45, 7) is 11.1. The predicted octanol–water partition coefficient (Wildman–Crippen LogP) is 3.30. The lowest BCUT2D eigenvalue weighted by Gasteiger charge is -2.32. The molecule has 0 spiro atoms. The third kappa shape index (κ3) is 3.30. The van der Waals surface area contributed by atoms with E-state index in [9.17, 15) is 0 Å². The third-order valence-electron chi connectivity index (χ3n) is 3.51. The number of likely N-dealkylation sites (tertiary alicyclic amines) is 1. The number of hydrogen-bond donors (Lipinski definition) is 0. The van der Waals surface area contributed by atoms with E-state index >= 15 is 0 Å². The SMILES string of the molecule is CCCC(C)(CC)CN1CCCC1. The molecule has 1 aliphatic heterocycles. The Morgan fingerprint density at radius 3 is 2.23 bits per heavy atom. The monoisotopic (exact) mass is 183 g/mol. The van der Waals surface area contributed by atoms with Gasteiger partial charge in [-0.15, -0.1) is 0 Å². The Kier molecular flexibility index (Phi) is 4.24. The van der Waals surface area contributed by atoms with Gasteiger partial charge in [-0.2, -0.15) is 0 Å². The Balaban J connectivity index is 2.36. The first-order valence-corrected chi connectivity index (χ1v) is 5.92. The van der Waals surface area contributed by atoms with E-state index in [1.807, 2.05) is 0 Å². The van der Waals surface area contributed by atoms with Crippen LogP contribution in [0.1, 0.15) is 52.9 Å². The Morgan fingerprint density at radius 2 is 1.77 bits per heavy atom. The molecular weight excluding hydrogens is 158 g/mol. The first-order valence-electron chi connectivity index (χ1n) is 5.92. The smallest absolute Gasteiger partial charge is 0.00352 e. The lowest BCUT2D eigenvalue weighted by Crippen LogP contribution is -2.33. The molecule has 0 amide bonds. The van der Waals surface area contributed by atoms with E-state index in [4.69, 9.17) is 0 Å². The Hall–Kier alpha value is -0.0400. The molecule has 1 heteroatoms. The molecule has 1 rings (SSSR count). The highest BCUT2D eigenvalue weighted by atomic mass is 15.1. The molecule has 1 atom stereocenters. The number of rotatable bonds is 5. The molecule has 0 radical (unpaired) electrons. The molecule has 0 aromatic rings.